The van der Waals surface area contributed by atoms with Crippen LogP contribution >= 0.6 is 23.2 Å². The molecular weight excluding hydrogens is 870 g/mol. The largest absolute Gasteiger partial charge is 1.00 e. The predicted molar refractivity (Wildman–Crippen MR) is 240 cm³/mol. The van der Waals surface area contributed by atoms with Crippen LogP contribution in [-0.2, 0) is 38.5 Å². The molecule has 0 amide bonds. The predicted octanol–water partition coefficient (Wildman–Crippen LogP) is 8.47. The van der Waals surface area contributed by atoms with Crippen LogP contribution in [0.25, 0.3) is 33.4 Å². The standard InChI is InChI=1S/C35H37.C13H8Cl2.C5H5.2ClH.Zr/c1-22-13-9-11-15-26(22)30-18-24-17-25-19-31(27-16-12-10-14-23(27)2)33(35(6,7)8)21-29(25)28(24)20-32(30)34(3,4)5;14-12-5-1-10(2-6-12)9-11-3-7-13(15)8-4-11;1-2-4-5-3-1;;;/h9-16,18,20-21H,17H2,1-8H3;1-8H;1-3H,4H2;2*1H;/q;;;;;+2/p-2. The van der Waals surface area contributed by atoms with Gasteiger partial charge in [-0.3, -0.25) is 0 Å². The molecular formula is C53H50Cl4Zr. The molecule has 0 aromatic heterocycles. The van der Waals surface area contributed by atoms with Crippen molar-refractivity contribution in [3.8, 4) is 33.4 Å². The van der Waals surface area contributed by atoms with Gasteiger partial charge in [-0.1, -0.05) is 0 Å². The fourth-order valence-corrected chi connectivity index (χ4v) is 17.6. The van der Waals surface area contributed by atoms with E-state index in [1.54, 1.807) is 6.55 Å². The molecule has 6 aromatic carbocycles. The molecule has 58 heavy (non-hydrogen) atoms. The Morgan fingerprint density at radius 3 is 1.59 bits per heavy atom. The van der Waals surface area contributed by atoms with Gasteiger partial charge in [0.1, 0.15) is 0 Å². The normalized spacial score (nSPS) is 12.8. The number of hydrogen-bond acceptors (Lipinski definition) is 0. The molecule has 0 atom stereocenters. The summed E-state index contributed by atoms with van der Waals surface area (Å²) in [5.41, 5.74) is 19.0. The molecule has 8 rings (SSSR count). The van der Waals surface area contributed by atoms with Gasteiger partial charge in [0, 0.05) is 0 Å². The van der Waals surface area contributed by atoms with Crippen LogP contribution in [0.15, 0.2) is 137 Å². The third-order valence-electron chi connectivity index (χ3n) is 11.7. The van der Waals surface area contributed by atoms with Crippen LogP contribution in [0, 0.1) is 13.8 Å². The summed E-state index contributed by atoms with van der Waals surface area (Å²) in [6, 6.07) is 42.9. The number of aryl methyl sites for hydroxylation is 2. The van der Waals surface area contributed by atoms with E-state index < -0.39 is 21.3 Å². The van der Waals surface area contributed by atoms with E-state index in [2.05, 4.69) is 189 Å². The Labute approximate surface area is 376 Å². The van der Waals surface area contributed by atoms with E-state index in [1.807, 2.05) is 0 Å². The van der Waals surface area contributed by atoms with Crippen LogP contribution in [0.5, 0.6) is 0 Å². The average Bonchev–Trinajstić information content (AvgIpc) is 3.82. The summed E-state index contributed by atoms with van der Waals surface area (Å²) in [6.45, 7) is 18.8. The molecule has 0 unspecified atom stereocenters. The van der Waals surface area contributed by atoms with Gasteiger partial charge in [-0.2, -0.15) is 0 Å². The Bertz CT molecular complexity index is 2560. The second kappa shape index (κ2) is 17.4. The zero-order valence-corrected chi connectivity index (χ0v) is 40.1. The molecule has 0 nitrogen and oxygen atoms in total. The monoisotopic (exact) mass is 916 g/mol. The number of halogens is 4. The first-order chi connectivity index (χ1) is 26.7. The zero-order chi connectivity index (χ0) is 39.5. The molecule has 0 heterocycles. The fourth-order valence-electron chi connectivity index (χ4n) is 8.87. The maximum atomic E-state index is 6.61. The number of rotatable bonds is 6. The molecule has 0 saturated heterocycles. The van der Waals surface area contributed by atoms with E-state index in [9.17, 15) is 0 Å². The third-order valence-corrected chi connectivity index (χ3v) is 19.9. The number of fused-ring (bicyclic) bond motifs is 3. The molecule has 2 aliphatic rings. The van der Waals surface area contributed by atoms with Crippen LogP contribution in [-0.4, -0.2) is 3.21 Å². The summed E-state index contributed by atoms with van der Waals surface area (Å²) in [4.78, 5) is 0. The summed E-state index contributed by atoms with van der Waals surface area (Å²) in [7, 11) is 0. The van der Waals surface area contributed by atoms with Crippen LogP contribution in [0.1, 0.15) is 92.5 Å². The van der Waals surface area contributed by atoms with E-state index in [1.165, 1.54) is 81.1 Å². The first-order valence-electron chi connectivity index (χ1n) is 19.8. The molecule has 5 heteroatoms. The minimum absolute atomic E-state index is 0. The first-order valence-corrected chi connectivity index (χ1v) is 24.3. The molecule has 0 aliphatic heterocycles. The van der Waals surface area contributed by atoms with E-state index in [-0.39, 0.29) is 35.6 Å². The summed E-state index contributed by atoms with van der Waals surface area (Å²) in [5, 5.41) is 1.50. The topological polar surface area (TPSA) is 0 Å². The molecule has 2 aliphatic carbocycles. The van der Waals surface area contributed by atoms with Crippen molar-refractivity contribution in [2.24, 2.45) is 0 Å². The molecule has 0 radical (unpaired) electrons. The van der Waals surface area contributed by atoms with Crippen molar-refractivity contribution in [2.45, 2.75) is 79.1 Å². The van der Waals surface area contributed by atoms with E-state index in [0.717, 1.165) is 22.9 Å². The second-order valence-electron chi connectivity index (χ2n) is 17.6. The van der Waals surface area contributed by atoms with Gasteiger partial charge in [0.25, 0.3) is 0 Å². The van der Waals surface area contributed by atoms with Gasteiger partial charge in [-0.15, -0.1) is 0 Å². The Balaban J connectivity index is 0.00000283. The molecule has 0 N–H and O–H groups in total. The average molecular weight is 920 g/mol. The molecule has 0 spiro atoms. The SMILES string of the molecule is Cc1ccccc1-c1cc2c(cc1C(C)(C)C)-c1cc(C(C)(C)C)c(-c3ccccc3C)[c]([Zr+2]([C]3=CC=CC3)=[C](c3ccc(Cl)cc3)c3ccc(Cl)cc3)c1C2.[Cl-].[Cl-]. The van der Waals surface area contributed by atoms with Crippen molar-refractivity contribution in [1.29, 1.82) is 0 Å². The fraction of sp³-hybridized carbons (Fsp3) is 0.226. The first kappa shape index (κ1) is 44.3. The number of hydrogen-bond donors (Lipinski definition) is 0. The third kappa shape index (κ3) is 8.38. The van der Waals surface area contributed by atoms with Gasteiger partial charge in [-0.25, -0.2) is 0 Å². The van der Waals surface area contributed by atoms with E-state index in [4.69, 9.17) is 23.2 Å². The van der Waals surface area contributed by atoms with Gasteiger partial charge in [0.2, 0.25) is 0 Å². The Kier molecular flexibility index (Phi) is 13.3. The number of allylic oxidation sites excluding steroid dienone is 4. The van der Waals surface area contributed by atoms with Crippen molar-refractivity contribution in [3.05, 3.63) is 191 Å². The zero-order valence-electron chi connectivity index (χ0n) is 34.6. The summed E-state index contributed by atoms with van der Waals surface area (Å²) >= 11 is 10.1. The smallest absolute Gasteiger partial charge is 1.00 e. The minimum Gasteiger partial charge on any atom is -1.00 e. The Hall–Kier alpha value is -3.29. The van der Waals surface area contributed by atoms with Crippen LogP contribution in [0.2, 0.25) is 10.0 Å². The quantitative estimate of drug-likeness (QED) is 0.157. The van der Waals surface area contributed by atoms with E-state index >= 15 is 0 Å². The van der Waals surface area contributed by atoms with Gasteiger partial charge >= 0.3 is 355 Å². The Morgan fingerprint density at radius 1 is 0.569 bits per heavy atom. The second-order valence-corrected chi connectivity index (χ2v) is 24.4. The maximum absolute atomic E-state index is 6.61. The minimum atomic E-state index is -3.16. The van der Waals surface area contributed by atoms with Gasteiger partial charge in [0.15, 0.2) is 0 Å². The van der Waals surface area contributed by atoms with Crippen LogP contribution in [0.3, 0.4) is 0 Å². The molecule has 6 aromatic rings. The van der Waals surface area contributed by atoms with Crippen molar-refractivity contribution in [1.82, 2.24) is 0 Å². The van der Waals surface area contributed by atoms with Gasteiger partial charge < -0.3 is 24.8 Å². The maximum Gasteiger partial charge on any atom is -1.00 e. The molecule has 0 bridgehead atoms. The summed E-state index contributed by atoms with van der Waals surface area (Å²) in [5.74, 6) is 0. The van der Waals surface area contributed by atoms with E-state index in [0.29, 0.717) is 0 Å². The van der Waals surface area contributed by atoms with Crippen molar-refractivity contribution in [2.75, 3.05) is 0 Å². The number of benzene rings is 6. The van der Waals surface area contributed by atoms with Gasteiger partial charge in [-0.05, 0) is 0 Å². The van der Waals surface area contributed by atoms with Crippen LogP contribution < -0.4 is 28.1 Å². The van der Waals surface area contributed by atoms with Crippen molar-refractivity contribution in [3.63, 3.8) is 0 Å². The van der Waals surface area contributed by atoms with Crippen molar-refractivity contribution < 1.29 is 46.1 Å². The summed E-state index contributed by atoms with van der Waals surface area (Å²) in [6.07, 6.45) is 8.98. The van der Waals surface area contributed by atoms with Crippen molar-refractivity contribution >= 4 is 29.7 Å². The van der Waals surface area contributed by atoms with Crippen LogP contribution in [0.4, 0.5) is 0 Å². The summed E-state index contributed by atoms with van der Waals surface area (Å²) < 4.78 is 4.65. The van der Waals surface area contributed by atoms with Gasteiger partial charge in [0.05, 0.1) is 0 Å². The molecule has 294 valence electrons. The molecule has 0 saturated carbocycles. The Morgan fingerprint density at radius 2 is 1.09 bits per heavy atom. The molecule has 0 fully saturated rings.